The first kappa shape index (κ1) is 15.5. The Bertz CT molecular complexity index is 664. The van der Waals surface area contributed by atoms with Crippen LogP contribution in [0.1, 0.15) is 22.8 Å². The minimum absolute atomic E-state index is 0.135. The molecule has 0 spiro atoms. The number of ether oxygens (including phenoxy) is 1. The summed E-state index contributed by atoms with van der Waals surface area (Å²) < 4.78 is 5.37. The van der Waals surface area contributed by atoms with Crippen LogP contribution in [0.2, 0.25) is 0 Å². The summed E-state index contributed by atoms with van der Waals surface area (Å²) in [5.74, 6) is 0.585. The summed E-state index contributed by atoms with van der Waals surface area (Å²) in [6.45, 7) is 4.94. The van der Waals surface area contributed by atoms with Crippen LogP contribution in [0.3, 0.4) is 0 Å². The number of aryl methyl sites for hydroxylation is 1. The quantitative estimate of drug-likeness (QED) is 0.943. The summed E-state index contributed by atoms with van der Waals surface area (Å²) in [5, 5.41) is 2.95. The Morgan fingerprint density at radius 1 is 1.22 bits per heavy atom. The van der Waals surface area contributed by atoms with Gasteiger partial charge in [-0.05, 0) is 36.2 Å². The van der Waals surface area contributed by atoms with Crippen molar-refractivity contribution in [2.45, 2.75) is 13.3 Å². The van der Waals surface area contributed by atoms with Gasteiger partial charge in [-0.15, -0.1) is 0 Å². The molecule has 1 amide bonds. The van der Waals surface area contributed by atoms with Crippen molar-refractivity contribution in [2.24, 2.45) is 0 Å². The van der Waals surface area contributed by atoms with Gasteiger partial charge in [0.05, 0.1) is 18.8 Å². The van der Waals surface area contributed by atoms with Gasteiger partial charge in [0, 0.05) is 25.0 Å². The monoisotopic (exact) mass is 311 g/mol. The largest absolute Gasteiger partial charge is 0.378 e. The third-order valence-corrected chi connectivity index (χ3v) is 3.96. The molecule has 120 valence electrons. The van der Waals surface area contributed by atoms with Gasteiger partial charge in [0.15, 0.2) is 0 Å². The summed E-state index contributed by atoms with van der Waals surface area (Å²) in [7, 11) is 0. The fourth-order valence-corrected chi connectivity index (χ4v) is 2.62. The Balaban J connectivity index is 1.78. The van der Waals surface area contributed by atoms with Gasteiger partial charge in [-0.2, -0.15) is 0 Å². The van der Waals surface area contributed by atoms with Crippen LogP contribution in [0.25, 0.3) is 0 Å². The smallest absolute Gasteiger partial charge is 0.259 e. The second-order valence-corrected chi connectivity index (χ2v) is 5.48. The predicted octanol–water partition coefficient (Wildman–Crippen LogP) is 2.73. The Kier molecular flexibility index (Phi) is 4.88. The van der Waals surface area contributed by atoms with E-state index in [0.717, 1.165) is 31.0 Å². The van der Waals surface area contributed by atoms with Gasteiger partial charge < -0.3 is 15.0 Å². The zero-order chi connectivity index (χ0) is 16.1. The van der Waals surface area contributed by atoms with E-state index in [4.69, 9.17) is 4.74 Å². The van der Waals surface area contributed by atoms with Crippen LogP contribution in [0.15, 0.2) is 42.6 Å². The number of pyridine rings is 1. The molecule has 5 nitrogen and oxygen atoms in total. The van der Waals surface area contributed by atoms with Crippen LogP contribution < -0.4 is 10.2 Å². The standard InChI is InChI=1S/C18H21N3O2/c1-2-14-5-7-15(8-6-14)20-18(22)16-4-3-9-19-17(16)21-10-12-23-13-11-21/h3-9H,2,10-13H2,1H3,(H,20,22). The van der Waals surface area contributed by atoms with Crippen LogP contribution in [-0.2, 0) is 11.2 Å². The highest BCUT2D eigenvalue weighted by atomic mass is 16.5. The van der Waals surface area contributed by atoms with E-state index in [2.05, 4.69) is 22.1 Å². The van der Waals surface area contributed by atoms with E-state index >= 15 is 0 Å². The highest BCUT2D eigenvalue weighted by molar-refractivity contribution is 6.07. The summed E-state index contributed by atoms with van der Waals surface area (Å²) in [4.78, 5) is 19.1. The first-order chi connectivity index (χ1) is 11.3. The predicted molar refractivity (Wildman–Crippen MR) is 91.0 cm³/mol. The maximum atomic E-state index is 12.6. The molecular weight excluding hydrogens is 290 g/mol. The number of nitrogens with zero attached hydrogens (tertiary/aromatic N) is 2. The van der Waals surface area contributed by atoms with Crippen molar-refractivity contribution >= 4 is 17.4 Å². The van der Waals surface area contributed by atoms with Crippen LogP contribution in [-0.4, -0.2) is 37.2 Å². The zero-order valence-corrected chi connectivity index (χ0v) is 13.3. The lowest BCUT2D eigenvalue weighted by atomic mass is 10.1. The van der Waals surface area contributed by atoms with Gasteiger partial charge in [0.25, 0.3) is 5.91 Å². The van der Waals surface area contributed by atoms with Gasteiger partial charge in [0.2, 0.25) is 0 Å². The van der Waals surface area contributed by atoms with Crippen LogP contribution in [0.4, 0.5) is 11.5 Å². The van der Waals surface area contributed by atoms with E-state index in [1.54, 1.807) is 12.3 Å². The van der Waals surface area contributed by atoms with E-state index in [-0.39, 0.29) is 5.91 Å². The van der Waals surface area contributed by atoms with E-state index in [1.807, 2.05) is 30.3 Å². The third kappa shape index (κ3) is 3.68. The minimum atomic E-state index is -0.135. The van der Waals surface area contributed by atoms with Crippen molar-refractivity contribution in [1.29, 1.82) is 0 Å². The number of carbonyl (C=O) groups excluding carboxylic acids is 1. The molecule has 3 rings (SSSR count). The van der Waals surface area contributed by atoms with Gasteiger partial charge in [-0.25, -0.2) is 4.98 Å². The van der Waals surface area contributed by atoms with Crippen molar-refractivity contribution < 1.29 is 9.53 Å². The van der Waals surface area contributed by atoms with Crippen molar-refractivity contribution in [1.82, 2.24) is 4.98 Å². The molecule has 0 unspecified atom stereocenters. The van der Waals surface area contributed by atoms with Gasteiger partial charge in [-0.1, -0.05) is 19.1 Å². The number of rotatable bonds is 4. The molecule has 1 fully saturated rings. The average molecular weight is 311 g/mol. The molecule has 1 aromatic carbocycles. The number of aromatic nitrogens is 1. The normalized spacial score (nSPS) is 14.6. The van der Waals surface area contributed by atoms with E-state index in [1.165, 1.54) is 5.56 Å². The molecule has 1 aliphatic rings. The average Bonchev–Trinajstić information content (AvgIpc) is 2.63. The summed E-state index contributed by atoms with van der Waals surface area (Å²) >= 11 is 0. The lowest BCUT2D eigenvalue weighted by Crippen LogP contribution is -2.38. The summed E-state index contributed by atoms with van der Waals surface area (Å²) in [6.07, 6.45) is 2.70. The molecule has 1 aliphatic heterocycles. The van der Waals surface area contributed by atoms with Gasteiger partial charge in [-0.3, -0.25) is 4.79 Å². The molecule has 1 saturated heterocycles. The van der Waals surface area contributed by atoms with Crippen molar-refractivity contribution in [3.63, 3.8) is 0 Å². The number of amides is 1. The maximum absolute atomic E-state index is 12.6. The fourth-order valence-electron chi connectivity index (χ4n) is 2.62. The lowest BCUT2D eigenvalue weighted by molar-refractivity contribution is 0.102. The van der Waals surface area contributed by atoms with E-state index < -0.39 is 0 Å². The van der Waals surface area contributed by atoms with Crippen LogP contribution in [0.5, 0.6) is 0 Å². The molecule has 0 radical (unpaired) electrons. The first-order valence-corrected chi connectivity index (χ1v) is 7.96. The number of hydrogen-bond donors (Lipinski definition) is 1. The lowest BCUT2D eigenvalue weighted by Gasteiger charge is -2.29. The maximum Gasteiger partial charge on any atom is 0.259 e. The zero-order valence-electron chi connectivity index (χ0n) is 13.3. The minimum Gasteiger partial charge on any atom is -0.378 e. The molecule has 2 heterocycles. The van der Waals surface area contributed by atoms with Gasteiger partial charge >= 0.3 is 0 Å². The Morgan fingerprint density at radius 3 is 2.65 bits per heavy atom. The molecule has 0 atom stereocenters. The molecular formula is C18H21N3O2. The fraction of sp³-hybridized carbons (Fsp3) is 0.333. The van der Waals surface area contributed by atoms with Crippen molar-refractivity contribution in [3.05, 3.63) is 53.7 Å². The SMILES string of the molecule is CCc1ccc(NC(=O)c2cccnc2N2CCOCC2)cc1. The number of carbonyl (C=O) groups is 1. The number of anilines is 2. The van der Waals surface area contributed by atoms with Crippen LogP contribution in [0, 0.1) is 0 Å². The second-order valence-electron chi connectivity index (χ2n) is 5.48. The summed E-state index contributed by atoms with van der Waals surface area (Å²) in [6, 6.07) is 11.5. The number of morpholine rings is 1. The third-order valence-electron chi connectivity index (χ3n) is 3.96. The van der Waals surface area contributed by atoms with Crippen LogP contribution >= 0.6 is 0 Å². The molecule has 23 heavy (non-hydrogen) atoms. The topological polar surface area (TPSA) is 54.5 Å². The molecule has 2 aromatic rings. The molecule has 1 aromatic heterocycles. The van der Waals surface area contributed by atoms with E-state index in [0.29, 0.717) is 18.8 Å². The molecule has 0 saturated carbocycles. The Labute approximate surface area is 136 Å². The van der Waals surface area contributed by atoms with Crippen molar-refractivity contribution in [3.8, 4) is 0 Å². The Hall–Kier alpha value is -2.40. The Morgan fingerprint density at radius 2 is 1.96 bits per heavy atom. The molecule has 5 heteroatoms. The number of benzene rings is 1. The first-order valence-electron chi connectivity index (χ1n) is 7.96. The summed E-state index contributed by atoms with van der Waals surface area (Å²) in [5.41, 5.74) is 2.64. The number of hydrogen-bond acceptors (Lipinski definition) is 4. The second kappa shape index (κ2) is 7.24. The molecule has 0 bridgehead atoms. The van der Waals surface area contributed by atoms with E-state index in [9.17, 15) is 4.79 Å². The number of nitrogens with one attached hydrogen (secondary N) is 1. The highest BCUT2D eigenvalue weighted by Crippen LogP contribution is 2.20. The van der Waals surface area contributed by atoms with Crippen molar-refractivity contribution in [2.75, 3.05) is 36.5 Å². The van der Waals surface area contributed by atoms with Gasteiger partial charge in [0.1, 0.15) is 5.82 Å². The molecule has 0 aliphatic carbocycles. The molecule has 1 N–H and O–H groups in total. The highest BCUT2D eigenvalue weighted by Gasteiger charge is 2.19.